The van der Waals surface area contributed by atoms with Gasteiger partial charge in [-0.25, -0.2) is 0 Å². The first-order chi connectivity index (χ1) is 9.65. The number of amides is 1. The Morgan fingerprint density at radius 3 is 2.80 bits per heavy atom. The fraction of sp³-hybridized carbons (Fsp3) is 0.312. The van der Waals surface area contributed by atoms with E-state index in [1.807, 2.05) is 30.1 Å². The highest BCUT2D eigenvalue weighted by Crippen LogP contribution is 2.48. The highest BCUT2D eigenvalue weighted by molar-refractivity contribution is 9.10. The zero-order valence-corrected chi connectivity index (χ0v) is 13.7. The lowest BCUT2D eigenvalue weighted by molar-refractivity contribution is -0.131. The van der Waals surface area contributed by atoms with Crippen LogP contribution in [0.25, 0.3) is 0 Å². The van der Waals surface area contributed by atoms with Crippen LogP contribution in [0, 0.1) is 5.92 Å². The quantitative estimate of drug-likeness (QED) is 0.806. The van der Waals surface area contributed by atoms with E-state index >= 15 is 0 Å². The minimum Gasteiger partial charge on any atom is -0.340 e. The van der Waals surface area contributed by atoms with Crippen LogP contribution in [0.2, 0.25) is 0 Å². The number of thiophene rings is 1. The monoisotopic (exact) mass is 349 g/mol. The molecule has 20 heavy (non-hydrogen) atoms. The average Bonchev–Trinajstić information content (AvgIpc) is 3.16. The molecule has 0 N–H and O–H groups in total. The molecule has 1 aromatic carbocycles. The number of carbonyl (C=O) groups excluding carboxylic acids is 1. The number of hydrogen-bond donors (Lipinski definition) is 0. The molecule has 2 atom stereocenters. The van der Waals surface area contributed by atoms with Crippen molar-refractivity contribution in [2.75, 3.05) is 7.05 Å². The van der Waals surface area contributed by atoms with Gasteiger partial charge in [-0.2, -0.15) is 0 Å². The molecule has 1 heterocycles. The molecule has 0 aliphatic heterocycles. The van der Waals surface area contributed by atoms with E-state index in [9.17, 15) is 4.79 Å². The van der Waals surface area contributed by atoms with Crippen LogP contribution in [0.5, 0.6) is 0 Å². The molecule has 1 aromatic heterocycles. The van der Waals surface area contributed by atoms with Gasteiger partial charge in [0.2, 0.25) is 5.91 Å². The minimum atomic E-state index is 0.172. The van der Waals surface area contributed by atoms with E-state index in [4.69, 9.17) is 0 Å². The third kappa shape index (κ3) is 2.96. The largest absolute Gasteiger partial charge is 0.340 e. The van der Waals surface area contributed by atoms with Crippen molar-refractivity contribution in [3.05, 3.63) is 56.7 Å². The van der Waals surface area contributed by atoms with Crippen LogP contribution in [0.4, 0.5) is 0 Å². The van der Waals surface area contributed by atoms with Crippen LogP contribution >= 0.6 is 27.3 Å². The molecule has 0 bridgehead atoms. The van der Waals surface area contributed by atoms with Crippen molar-refractivity contribution >= 4 is 33.2 Å². The normalized spacial score (nSPS) is 20.7. The van der Waals surface area contributed by atoms with Crippen LogP contribution in [-0.4, -0.2) is 17.9 Å². The summed E-state index contributed by atoms with van der Waals surface area (Å²) in [6, 6.07) is 12.4. The SMILES string of the molecule is CN(Cc1cc(Br)cs1)C(=O)C1CC1c1ccccc1. The average molecular weight is 350 g/mol. The zero-order chi connectivity index (χ0) is 14.1. The summed E-state index contributed by atoms with van der Waals surface area (Å²) in [5.41, 5.74) is 1.29. The second-order valence-corrected chi connectivity index (χ2v) is 7.20. The summed E-state index contributed by atoms with van der Waals surface area (Å²) in [4.78, 5) is 15.5. The molecule has 1 fully saturated rings. The first-order valence-electron chi connectivity index (χ1n) is 6.68. The maximum Gasteiger partial charge on any atom is 0.226 e. The topological polar surface area (TPSA) is 20.3 Å². The fourth-order valence-corrected chi connectivity index (χ4v) is 4.07. The lowest BCUT2D eigenvalue weighted by atomic mass is 10.1. The Kier molecular flexibility index (Phi) is 3.94. The Hall–Kier alpha value is -1.13. The van der Waals surface area contributed by atoms with Crippen LogP contribution < -0.4 is 0 Å². The third-order valence-corrected chi connectivity index (χ3v) is 5.41. The van der Waals surface area contributed by atoms with Gasteiger partial charge in [-0.1, -0.05) is 30.3 Å². The first kappa shape index (κ1) is 13.8. The molecule has 0 saturated heterocycles. The molecule has 1 amide bonds. The van der Waals surface area contributed by atoms with Crippen molar-refractivity contribution in [3.63, 3.8) is 0 Å². The van der Waals surface area contributed by atoms with Crippen molar-refractivity contribution < 1.29 is 4.79 Å². The molecule has 1 aliphatic rings. The van der Waals surface area contributed by atoms with E-state index in [1.165, 1.54) is 10.4 Å². The molecule has 0 radical (unpaired) electrons. The van der Waals surface area contributed by atoms with E-state index in [0.29, 0.717) is 12.5 Å². The second kappa shape index (κ2) is 5.70. The van der Waals surface area contributed by atoms with E-state index in [0.717, 1.165) is 10.9 Å². The van der Waals surface area contributed by atoms with Gasteiger partial charge in [-0.05, 0) is 39.9 Å². The highest BCUT2D eigenvalue weighted by atomic mass is 79.9. The Bertz CT molecular complexity index is 610. The van der Waals surface area contributed by atoms with Crippen LogP contribution in [-0.2, 0) is 11.3 Å². The van der Waals surface area contributed by atoms with E-state index in [2.05, 4.69) is 39.5 Å². The highest BCUT2D eigenvalue weighted by Gasteiger charge is 2.44. The summed E-state index contributed by atoms with van der Waals surface area (Å²) in [7, 11) is 1.90. The predicted molar refractivity (Wildman–Crippen MR) is 85.8 cm³/mol. The van der Waals surface area contributed by atoms with Gasteiger partial charge in [-0.3, -0.25) is 4.79 Å². The van der Waals surface area contributed by atoms with Gasteiger partial charge in [0.25, 0.3) is 0 Å². The van der Waals surface area contributed by atoms with Crippen molar-refractivity contribution in [3.8, 4) is 0 Å². The van der Waals surface area contributed by atoms with Gasteiger partial charge in [0, 0.05) is 27.7 Å². The van der Waals surface area contributed by atoms with Crippen molar-refractivity contribution in [2.24, 2.45) is 5.92 Å². The van der Waals surface area contributed by atoms with Gasteiger partial charge in [0.05, 0.1) is 6.54 Å². The molecule has 4 heteroatoms. The summed E-state index contributed by atoms with van der Waals surface area (Å²) in [6.07, 6.45) is 0.987. The van der Waals surface area contributed by atoms with Crippen molar-refractivity contribution in [1.82, 2.24) is 4.90 Å². The molecular formula is C16H16BrNOS. The molecule has 2 unspecified atom stereocenters. The summed E-state index contributed by atoms with van der Waals surface area (Å²) in [5.74, 6) is 0.857. The van der Waals surface area contributed by atoms with Crippen LogP contribution in [0.1, 0.15) is 22.8 Å². The zero-order valence-electron chi connectivity index (χ0n) is 11.3. The smallest absolute Gasteiger partial charge is 0.226 e. The molecular weight excluding hydrogens is 334 g/mol. The number of benzene rings is 1. The number of carbonyl (C=O) groups is 1. The minimum absolute atomic E-state index is 0.172. The molecule has 1 saturated carbocycles. The van der Waals surface area contributed by atoms with Crippen LogP contribution in [0.15, 0.2) is 46.3 Å². The lowest BCUT2D eigenvalue weighted by Gasteiger charge is -2.16. The number of rotatable bonds is 4. The maximum atomic E-state index is 12.4. The Labute approximate surface area is 131 Å². The van der Waals surface area contributed by atoms with Gasteiger partial charge in [0.1, 0.15) is 0 Å². The van der Waals surface area contributed by atoms with Gasteiger partial charge >= 0.3 is 0 Å². The Balaban J connectivity index is 1.60. The Morgan fingerprint density at radius 2 is 2.15 bits per heavy atom. The second-order valence-electron chi connectivity index (χ2n) is 5.28. The number of hydrogen-bond acceptors (Lipinski definition) is 2. The van der Waals surface area contributed by atoms with Gasteiger partial charge in [-0.15, -0.1) is 11.3 Å². The van der Waals surface area contributed by atoms with E-state index in [-0.39, 0.29) is 11.8 Å². The van der Waals surface area contributed by atoms with Gasteiger partial charge < -0.3 is 4.90 Å². The summed E-state index contributed by atoms with van der Waals surface area (Å²) in [6.45, 7) is 0.701. The van der Waals surface area contributed by atoms with E-state index in [1.54, 1.807) is 11.3 Å². The molecule has 0 spiro atoms. The number of nitrogens with zero attached hydrogens (tertiary/aromatic N) is 1. The van der Waals surface area contributed by atoms with Crippen LogP contribution in [0.3, 0.4) is 0 Å². The molecule has 1 aliphatic carbocycles. The maximum absolute atomic E-state index is 12.4. The lowest BCUT2D eigenvalue weighted by Crippen LogP contribution is -2.27. The van der Waals surface area contributed by atoms with Crippen molar-refractivity contribution in [1.29, 1.82) is 0 Å². The fourth-order valence-electron chi connectivity index (χ4n) is 2.57. The Morgan fingerprint density at radius 1 is 1.40 bits per heavy atom. The van der Waals surface area contributed by atoms with Crippen molar-refractivity contribution in [2.45, 2.75) is 18.9 Å². The van der Waals surface area contributed by atoms with Gasteiger partial charge in [0.15, 0.2) is 0 Å². The molecule has 2 nitrogen and oxygen atoms in total. The number of halogens is 1. The summed E-state index contributed by atoms with van der Waals surface area (Å²) in [5, 5.41) is 2.05. The summed E-state index contributed by atoms with van der Waals surface area (Å²) < 4.78 is 1.09. The molecule has 2 aromatic rings. The molecule has 104 valence electrons. The predicted octanol–water partition coefficient (Wildman–Crippen LogP) is 4.27. The summed E-state index contributed by atoms with van der Waals surface area (Å²) >= 11 is 5.13. The standard InChI is InChI=1S/C16H16BrNOS/c1-18(9-13-7-12(17)10-20-13)16(19)15-8-14(15)11-5-3-2-4-6-11/h2-7,10,14-15H,8-9H2,1H3. The van der Waals surface area contributed by atoms with E-state index < -0.39 is 0 Å². The molecule has 3 rings (SSSR count). The third-order valence-electron chi connectivity index (χ3n) is 3.73. The first-order valence-corrected chi connectivity index (χ1v) is 8.35.